The third kappa shape index (κ3) is 10.0. The van der Waals surface area contributed by atoms with Crippen LogP contribution in [0, 0.1) is 0 Å². The number of hydrogen-bond donors (Lipinski definition) is 0. The van der Waals surface area contributed by atoms with E-state index >= 15 is 0 Å². The van der Waals surface area contributed by atoms with E-state index in [4.69, 9.17) is 0 Å². The molecule has 0 amide bonds. The van der Waals surface area contributed by atoms with Crippen LogP contribution >= 0.6 is 0 Å². The molecule has 0 aliphatic heterocycles. The second kappa shape index (κ2) is 21.1. The van der Waals surface area contributed by atoms with Gasteiger partial charge in [-0.25, -0.2) is 0 Å². The fourth-order valence-electron chi connectivity index (χ4n) is 8.25. The quantitative estimate of drug-likeness (QED) is 0.109. The molecule has 0 saturated carbocycles. The van der Waals surface area contributed by atoms with Gasteiger partial charge in [0.1, 0.15) is 0 Å². The maximum Gasteiger partial charge on any atom is 0.168 e. The lowest BCUT2D eigenvalue weighted by molar-refractivity contribution is 0.795. The van der Waals surface area contributed by atoms with E-state index in [9.17, 15) is 0 Å². The van der Waals surface area contributed by atoms with Gasteiger partial charge < -0.3 is 0 Å². The van der Waals surface area contributed by atoms with E-state index in [1.54, 1.807) is 0 Å². The standard InChI is InChI=1S/2C30H27N3/c2*1-2-3-10-23-15-17-26(18-16-23)29-31-32-30(33(29)28-13-8-5-9-14-28)27-21-19-25(20-22-27)24-11-6-4-7-12-24/h2*4-9,11-22H,2-3,10H2,1H3. The molecule has 6 heteroatoms. The molecule has 2 aromatic heterocycles. The minimum absolute atomic E-state index is 0.839. The molecule has 6 nitrogen and oxygen atoms in total. The van der Waals surface area contributed by atoms with Gasteiger partial charge >= 0.3 is 0 Å². The predicted octanol–water partition coefficient (Wildman–Crippen LogP) is 15.2. The first-order valence-corrected chi connectivity index (χ1v) is 23.2. The summed E-state index contributed by atoms with van der Waals surface area (Å²) in [6.45, 7) is 4.45. The van der Waals surface area contributed by atoms with E-state index in [1.807, 2.05) is 24.3 Å². The molecule has 0 radical (unpaired) electrons. The largest absolute Gasteiger partial charge is 0.275 e. The number of nitrogens with zero attached hydrogens (tertiary/aromatic N) is 6. The van der Waals surface area contributed by atoms with Gasteiger partial charge in [-0.15, -0.1) is 20.4 Å². The maximum absolute atomic E-state index is 4.63. The normalized spacial score (nSPS) is 10.9. The molecule has 0 aliphatic rings. The second-order valence-corrected chi connectivity index (χ2v) is 16.5. The number of rotatable bonds is 14. The maximum atomic E-state index is 4.63. The lowest BCUT2D eigenvalue weighted by atomic mass is 10.0. The van der Waals surface area contributed by atoms with Crippen LogP contribution in [0.5, 0.6) is 0 Å². The van der Waals surface area contributed by atoms with Gasteiger partial charge in [0.2, 0.25) is 0 Å². The van der Waals surface area contributed by atoms with Crippen molar-refractivity contribution in [1.82, 2.24) is 29.5 Å². The third-order valence-electron chi connectivity index (χ3n) is 11.9. The zero-order valence-corrected chi connectivity index (χ0v) is 37.7. The van der Waals surface area contributed by atoms with E-state index in [0.717, 1.165) is 69.8 Å². The van der Waals surface area contributed by atoms with Crippen molar-refractivity contribution in [2.75, 3.05) is 0 Å². The van der Waals surface area contributed by atoms with Crippen LogP contribution in [0.4, 0.5) is 0 Å². The van der Waals surface area contributed by atoms with Gasteiger partial charge in [-0.1, -0.05) is 221 Å². The molecule has 0 N–H and O–H groups in total. The van der Waals surface area contributed by atoms with Gasteiger partial charge in [0, 0.05) is 33.6 Å². The van der Waals surface area contributed by atoms with Crippen molar-refractivity contribution in [3.05, 3.63) is 230 Å². The average molecular weight is 859 g/mol. The van der Waals surface area contributed by atoms with Gasteiger partial charge in [0.15, 0.2) is 23.3 Å². The smallest absolute Gasteiger partial charge is 0.168 e. The highest BCUT2D eigenvalue weighted by Crippen LogP contribution is 2.32. The van der Waals surface area contributed by atoms with Crippen molar-refractivity contribution in [2.24, 2.45) is 0 Å². The fourth-order valence-corrected chi connectivity index (χ4v) is 8.25. The molecule has 10 aromatic rings. The summed E-state index contributed by atoms with van der Waals surface area (Å²) in [5.74, 6) is 3.38. The van der Waals surface area contributed by atoms with Crippen LogP contribution in [0.2, 0.25) is 0 Å². The van der Waals surface area contributed by atoms with Gasteiger partial charge in [-0.05, 0) is 83.3 Å². The number of benzene rings is 8. The second-order valence-electron chi connectivity index (χ2n) is 16.5. The molecule has 324 valence electrons. The SMILES string of the molecule is CCCCc1ccc(-c2nnc(-c3ccc(-c4ccccc4)cc3)n2-c2ccccc2)cc1.CCCCc1ccc(-c2nnc(-c3ccc(-c4ccccc4)cc3)n2-c2ccccc2)cc1. The van der Waals surface area contributed by atoms with Crippen molar-refractivity contribution in [2.45, 2.75) is 52.4 Å². The zero-order valence-electron chi connectivity index (χ0n) is 37.7. The molecule has 0 unspecified atom stereocenters. The Balaban J connectivity index is 0.000000166. The molecule has 0 spiro atoms. The number of para-hydroxylation sites is 2. The Morgan fingerprint density at radius 1 is 0.273 bits per heavy atom. The summed E-state index contributed by atoms with van der Waals surface area (Å²) >= 11 is 0. The van der Waals surface area contributed by atoms with Gasteiger partial charge in [0.25, 0.3) is 0 Å². The van der Waals surface area contributed by atoms with Crippen molar-refractivity contribution in [3.8, 4) is 79.2 Å². The number of unbranched alkanes of at least 4 members (excludes halogenated alkanes) is 2. The van der Waals surface area contributed by atoms with Gasteiger partial charge in [-0.3, -0.25) is 9.13 Å². The molecule has 0 fully saturated rings. The lowest BCUT2D eigenvalue weighted by Gasteiger charge is -2.12. The molecule has 0 saturated heterocycles. The first-order valence-electron chi connectivity index (χ1n) is 23.2. The first kappa shape index (κ1) is 43.3. The highest BCUT2D eigenvalue weighted by atomic mass is 15.3. The van der Waals surface area contributed by atoms with Crippen molar-refractivity contribution in [1.29, 1.82) is 0 Å². The van der Waals surface area contributed by atoms with E-state index in [1.165, 1.54) is 59.1 Å². The summed E-state index contributed by atoms with van der Waals surface area (Å²) in [6.07, 6.45) is 7.06. The Morgan fingerprint density at radius 2 is 0.515 bits per heavy atom. The molecule has 0 aliphatic carbocycles. The Morgan fingerprint density at radius 3 is 0.803 bits per heavy atom. The minimum Gasteiger partial charge on any atom is -0.275 e. The summed E-state index contributed by atoms with van der Waals surface area (Å²) in [5.41, 5.74) is 13.8. The van der Waals surface area contributed by atoms with E-state index in [-0.39, 0.29) is 0 Å². The highest BCUT2D eigenvalue weighted by molar-refractivity contribution is 5.73. The molecule has 0 atom stereocenters. The highest BCUT2D eigenvalue weighted by Gasteiger charge is 2.19. The van der Waals surface area contributed by atoms with Crippen LogP contribution in [0.3, 0.4) is 0 Å². The number of aryl methyl sites for hydroxylation is 2. The molecule has 0 bridgehead atoms. The third-order valence-corrected chi connectivity index (χ3v) is 11.9. The first-order chi connectivity index (χ1) is 32.7. The van der Waals surface area contributed by atoms with Crippen LogP contribution < -0.4 is 0 Å². The Kier molecular flexibility index (Phi) is 13.9. The molecular formula is C60H54N6. The topological polar surface area (TPSA) is 61.4 Å². The van der Waals surface area contributed by atoms with E-state index in [0.29, 0.717) is 0 Å². The van der Waals surface area contributed by atoms with Crippen LogP contribution in [-0.2, 0) is 12.8 Å². The lowest BCUT2D eigenvalue weighted by Crippen LogP contribution is -2.00. The Labute approximate surface area is 389 Å². The minimum atomic E-state index is 0.839. The van der Waals surface area contributed by atoms with Gasteiger partial charge in [-0.2, -0.15) is 0 Å². The number of aromatic nitrogens is 6. The molecular weight excluding hydrogens is 805 g/mol. The average Bonchev–Trinajstić information content (AvgIpc) is 4.05. The van der Waals surface area contributed by atoms with Crippen LogP contribution in [0.1, 0.15) is 50.7 Å². The molecule has 10 rings (SSSR count). The molecule has 8 aromatic carbocycles. The van der Waals surface area contributed by atoms with E-state index < -0.39 is 0 Å². The summed E-state index contributed by atoms with van der Waals surface area (Å²) in [6, 6.07) is 76.1. The molecule has 66 heavy (non-hydrogen) atoms. The van der Waals surface area contributed by atoms with Crippen LogP contribution in [0.25, 0.3) is 79.2 Å². The van der Waals surface area contributed by atoms with Crippen LogP contribution in [0.15, 0.2) is 218 Å². The van der Waals surface area contributed by atoms with Crippen LogP contribution in [-0.4, -0.2) is 29.5 Å². The van der Waals surface area contributed by atoms with E-state index in [2.05, 4.69) is 238 Å². The van der Waals surface area contributed by atoms with Crippen molar-refractivity contribution >= 4 is 0 Å². The van der Waals surface area contributed by atoms with Crippen molar-refractivity contribution in [3.63, 3.8) is 0 Å². The zero-order chi connectivity index (χ0) is 44.9. The number of hydrogen-bond acceptors (Lipinski definition) is 4. The predicted molar refractivity (Wildman–Crippen MR) is 273 cm³/mol. The van der Waals surface area contributed by atoms with Gasteiger partial charge in [0.05, 0.1) is 0 Å². The summed E-state index contributed by atoms with van der Waals surface area (Å²) in [7, 11) is 0. The molecule has 2 heterocycles. The monoisotopic (exact) mass is 858 g/mol. The van der Waals surface area contributed by atoms with Crippen molar-refractivity contribution < 1.29 is 0 Å². The Hall–Kier alpha value is -7.96. The summed E-state index contributed by atoms with van der Waals surface area (Å²) < 4.78 is 4.30. The Bertz CT molecular complexity index is 2820. The fraction of sp³-hybridized carbons (Fsp3) is 0.133. The summed E-state index contributed by atoms with van der Waals surface area (Å²) in [5, 5.41) is 18.5. The summed E-state index contributed by atoms with van der Waals surface area (Å²) in [4.78, 5) is 0.